The van der Waals surface area contributed by atoms with Gasteiger partial charge in [-0.05, 0) is 30.7 Å². The highest BCUT2D eigenvalue weighted by Gasteiger charge is 2.21. The van der Waals surface area contributed by atoms with Gasteiger partial charge in [-0.3, -0.25) is 4.79 Å². The minimum Gasteiger partial charge on any atom is -0.337 e. The first-order chi connectivity index (χ1) is 10.6. The number of carbonyl (C=O) groups is 1. The smallest absolute Gasteiger partial charge is 0.244 e. The van der Waals surface area contributed by atoms with Crippen LogP contribution in [0.3, 0.4) is 0 Å². The van der Waals surface area contributed by atoms with Crippen LogP contribution in [0.15, 0.2) is 41.5 Å². The number of benzene rings is 1. The molecule has 1 aromatic heterocycles. The summed E-state index contributed by atoms with van der Waals surface area (Å²) in [4.78, 5) is 14.4. The van der Waals surface area contributed by atoms with Crippen LogP contribution in [-0.4, -0.2) is 44.1 Å². The van der Waals surface area contributed by atoms with Gasteiger partial charge in [-0.25, -0.2) is 4.68 Å². The van der Waals surface area contributed by atoms with E-state index in [2.05, 4.69) is 29.4 Å². The molecule has 0 spiro atoms. The van der Waals surface area contributed by atoms with Crippen LogP contribution in [0.1, 0.15) is 20.3 Å². The Balaban J connectivity index is 1.75. The molecule has 0 aliphatic carbocycles. The van der Waals surface area contributed by atoms with E-state index in [0.29, 0.717) is 12.4 Å². The number of aromatic nitrogens is 4. The topological polar surface area (TPSA) is 63.9 Å². The monoisotopic (exact) mass is 297 g/mol. The van der Waals surface area contributed by atoms with Crippen LogP contribution in [-0.2, 0) is 11.3 Å². The number of amides is 1. The molecule has 1 aliphatic heterocycles. The van der Waals surface area contributed by atoms with Crippen LogP contribution in [0.2, 0.25) is 0 Å². The van der Waals surface area contributed by atoms with E-state index in [4.69, 9.17) is 0 Å². The van der Waals surface area contributed by atoms with Crippen LogP contribution in [0, 0.1) is 0 Å². The van der Waals surface area contributed by atoms with Crippen LogP contribution in [0.25, 0.3) is 11.4 Å². The maximum Gasteiger partial charge on any atom is 0.244 e. The average molecular weight is 297 g/mol. The third-order valence-electron chi connectivity index (χ3n) is 4.11. The summed E-state index contributed by atoms with van der Waals surface area (Å²) in [5.74, 6) is 0.672. The van der Waals surface area contributed by atoms with Gasteiger partial charge >= 0.3 is 0 Å². The molecule has 0 atom stereocenters. The van der Waals surface area contributed by atoms with E-state index >= 15 is 0 Å². The molecule has 1 amide bonds. The van der Waals surface area contributed by atoms with Gasteiger partial charge < -0.3 is 4.90 Å². The zero-order valence-corrected chi connectivity index (χ0v) is 12.9. The lowest BCUT2D eigenvalue weighted by Gasteiger charge is -2.28. The summed E-state index contributed by atoms with van der Waals surface area (Å²) in [6, 6.07) is 9.66. The molecule has 0 saturated heterocycles. The summed E-state index contributed by atoms with van der Waals surface area (Å²) in [5.41, 5.74) is 3.57. The molecule has 1 aromatic carbocycles. The molecule has 0 N–H and O–H groups in total. The molecule has 0 radical (unpaired) electrons. The zero-order chi connectivity index (χ0) is 15.5. The van der Waals surface area contributed by atoms with Crippen LogP contribution < -0.4 is 0 Å². The van der Waals surface area contributed by atoms with Gasteiger partial charge in [0.15, 0.2) is 5.82 Å². The highest BCUT2D eigenvalue weighted by Crippen LogP contribution is 2.18. The molecule has 0 saturated carbocycles. The van der Waals surface area contributed by atoms with Crippen molar-refractivity contribution < 1.29 is 4.79 Å². The quantitative estimate of drug-likeness (QED) is 0.812. The Morgan fingerprint density at radius 2 is 1.95 bits per heavy atom. The molecule has 1 aliphatic rings. The highest BCUT2D eigenvalue weighted by atomic mass is 16.2. The Morgan fingerprint density at radius 1 is 1.18 bits per heavy atom. The maximum atomic E-state index is 12.5. The number of nitrogens with zero attached hydrogens (tertiary/aromatic N) is 5. The normalized spacial score (nSPS) is 15.3. The van der Waals surface area contributed by atoms with Crippen molar-refractivity contribution in [1.82, 2.24) is 25.1 Å². The standard InChI is InChI=1S/C16H19N5O/c1-12-8-9-20(10-13(12)2)15(22)11-21-16(17-18-19-21)14-6-4-3-5-7-14/h3-7H,8-11H2,1-2H3. The predicted molar refractivity (Wildman–Crippen MR) is 82.8 cm³/mol. The van der Waals surface area contributed by atoms with Gasteiger partial charge in [0.1, 0.15) is 6.54 Å². The van der Waals surface area contributed by atoms with Crippen molar-refractivity contribution in [2.45, 2.75) is 26.8 Å². The number of carbonyl (C=O) groups excluding carboxylic acids is 1. The van der Waals surface area contributed by atoms with Crippen molar-refractivity contribution in [1.29, 1.82) is 0 Å². The van der Waals surface area contributed by atoms with E-state index in [1.54, 1.807) is 4.68 Å². The molecular weight excluding hydrogens is 278 g/mol. The van der Waals surface area contributed by atoms with Crippen LogP contribution >= 0.6 is 0 Å². The minimum atomic E-state index is 0.0522. The van der Waals surface area contributed by atoms with Crippen molar-refractivity contribution in [3.63, 3.8) is 0 Å². The first-order valence-corrected chi connectivity index (χ1v) is 7.39. The second-order valence-corrected chi connectivity index (χ2v) is 5.65. The van der Waals surface area contributed by atoms with Crippen molar-refractivity contribution in [3.05, 3.63) is 41.5 Å². The summed E-state index contributed by atoms with van der Waals surface area (Å²) in [7, 11) is 0. The predicted octanol–water partition coefficient (Wildman–Crippen LogP) is 1.91. The summed E-state index contributed by atoms with van der Waals surface area (Å²) in [6.45, 7) is 5.86. The first-order valence-electron chi connectivity index (χ1n) is 7.39. The zero-order valence-electron chi connectivity index (χ0n) is 12.9. The maximum absolute atomic E-state index is 12.5. The van der Waals surface area contributed by atoms with Gasteiger partial charge in [0.05, 0.1) is 0 Å². The number of hydrogen-bond acceptors (Lipinski definition) is 4. The number of rotatable bonds is 3. The first kappa shape index (κ1) is 14.4. The molecule has 0 unspecified atom stereocenters. The average Bonchev–Trinajstić information content (AvgIpc) is 2.99. The van der Waals surface area contributed by atoms with Gasteiger partial charge in [0, 0.05) is 18.7 Å². The molecule has 22 heavy (non-hydrogen) atoms. The Labute approximate surface area is 129 Å². The molecule has 114 valence electrons. The van der Waals surface area contributed by atoms with Crippen molar-refractivity contribution in [3.8, 4) is 11.4 Å². The Hall–Kier alpha value is -2.50. The summed E-state index contributed by atoms with van der Waals surface area (Å²) >= 11 is 0. The van der Waals surface area contributed by atoms with E-state index in [-0.39, 0.29) is 12.5 Å². The number of tetrazole rings is 1. The van der Waals surface area contributed by atoms with Gasteiger partial charge in [0.25, 0.3) is 0 Å². The second-order valence-electron chi connectivity index (χ2n) is 5.65. The number of hydrogen-bond donors (Lipinski definition) is 0. The van der Waals surface area contributed by atoms with Gasteiger partial charge in [0.2, 0.25) is 5.91 Å². The lowest BCUT2D eigenvalue weighted by molar-refractivity contribution is -0.131. The molecule has 3 rings (SSSR count). The minimum absolute atomic E-state index is 0.0522. The fourth-order valence-corrected chi connectivity index (χ4v) is 2.56. The van der Waals surface area contributed by atoms with Gasteiger partial charge in [-0.15, -0.1) is 5.10 Å². The lowest BCUT2D eigenvalue weighted by atomic mass is 10.0. The highest BCUT2D eigenvalue weighted by molar-refractivity contribution is 5.77. The molecule has 6 heteroatoms. The third kappa shape index (κ3) is 2.90. The molecule has 6 nitrogen and oxygen atoms in total. The van der Waals surface area contributed by atoms with E-state index < -0.39 is 0 Å². The Kier molecular flexibility index (Phi) is 4.00. The van der Waals surface area contributed by atoms with Crippen LogP contribution in [0.5, 0.6) is 0 Å². The van der Waals surface area contributed by atoms with Crippen molar-refractivity contribution in [2.24, 2.45) is 0 Å². The summed E-state index contributed by atoms with van der Waals surface area (Å²) in [5, 5.41) is 11.7. The van der Waals surface area contributed by atoms with Crippen molar-refractivity contribution >= 4 is 5.91 Å². The van der Waals surface area contributed by atoms with Gasteiger partial charge in [-0.2, -0.15) is 0 Å². The van der Waals surface area contributed by atoms with E-state index in [0.717, 1.165) is 18.5 Å². The molecule has 2 aromatic rings. The molecular formula is C16H19N5O. The SMILES string of the molecule is CC1=C(C)CN(C(=O)Cn2nnnc2-c2ccccc2)CC1. The lowest BCUT2D eigenvalue weighted by Crippen LogP contribution is -2.38. The van der Waals surface area contributed by atoms with E-state index in [9.17, 15) is 4.79 Å². The summed E-state index contributed by atoms with van der Waals surface area (Å²) in [6.07, 6.45) is 0.943. The van der Waals surface area contributed by atoms with E-state index in [1.807, 2.05) is 35.2 Å². The second kappa shape index (κ2) is 6.09. The molecule has 2 heterocycles. The fraction of sp³-hybridized carbons (Fsp3) is 0.375. The van der Waals surface area contributed by atoms with Crippen LogP contribution in [0.4, 0.5) is 0 Å². The Morgan fingerprint density at radius 3 is 2.68 bits per heavy atom. The Bertz CT molecular complexity index is 704. The van der Waals surface area contributed by atoms with Gasteiger partial charge in [-0.1, -0.05) is 41.5 Å². The molecule has 0 bridgehead atoms. The van der Waals surface area contributed by atoms with E-state index in [1.165, 1.54) is 11.1 Å². The third-order valence-corrected chi connectivity index (χ3v) is 4.11. The summed E-state index contributed by atoms with van der Waals surface area (Å²) < 4.78 is 1.57. The fourth-order valence-electron chi connectivity index (χ4n) is 2.56. The molecule has 0 fully saturated rings. The largest absolute Gasteiger partial charge is 0.337 e. The van der Waals surface area contributed by atoms with Crippen molar-refractivity contribution in [2.75, 3.05) is 13.1 Å².